The zero-order valence-corrected chi connectivity index (χ0v) is 10.7. The van der Waals surface area contributed by atoms with E-state index in [2.05, 4.69) is 15.2 Å². The van der Waals surface area contributed by atoms with Crippen molar-refractivity contribution in [1.82, 2.24) is 10.3 Å². The lowest BCUT2D eigenvalue weighted by Gasteiger charge is -2.25. The van der Waals surface area contributed by atoms with Crippen LogP contribution in [0.1, 0.15) is 18.4 Å². The third kappa shape index (κ3) is 2.28. The van der Waals surface area contributed by atoms with Gasteiger partial charge < -0.3 is 10.2 Å². The normalized spacial score (nSPS) is 19.2. The lowest BCUT2D eigenvalue weighted by Crippen LogP contribution is -2.37. The van der Waals surface area contributed by atoms with Crippen LogP contribution in [0.25, 0.3) is 0 Å². The molecule has 98 valence electrons. The maximum atomic E-state index is 11.2. The molecule has 1 aromatic rings. The Kier molecular flexibility index (Phi) is 3.76. The third-order valence-electron chi connectivity index (χ3n) is 3.38. The Balaban J connectivity index is 2.38. The zero-order chi connectivity index (χ0) is 13.1. The smallest absolute Gasteiger partial charge is 0.314 e. The van der Waals surface area contributed by atoms with E-state index in [0.717, 1.165) is 25.9 Å². The largest absolute Gasteiger partial charge is 0.347 e. The zero-order valence-electron chi connectivity index (χ0n) is 10.7. The molecular formula is C12H18N4O2. The molecule has 0 aliphatic carbocycles. The van der Waals surface area contributed by atoms with Crippen LogP contribution >= 0.6 is 0 Å². The molecule has 0 amide bonds. The van der Waals surface area contributed by atoms with Crippen molar-refractivity contribution in [2.45, 2.75) is 25.8 Å². The van der Waals surface area contributed by atoms with Crippen LogP contribution in [0, 0.1) is 17.0 Å². The van der Waals surface area contributed by atoms with E-state index in [1.807, 2.05) is 7.05 Å². The number of pyridine rings is 1. The fourth-order valence-electron chi connectivity index (χ4n) is 2.53. The van der Waals surface area contributed by atoms with Crippen LogP contribution < -0.4 is 10.2 Å². The van der Waals surface area contributed by atoms with Crippen LogP contribution in [-0.2, 0) is 0 Å². The Morgan fingerprint density at radius 1 is 1.67 bits per heavy atom. The van der Waals surface area contributed by atoms with Crippen LogP contribution in [-0.4, -0.2) is 36.1 Å². The first-order valence-electron chi connectivity index (χ1n) is 6.16. The summed E-state index contributed by atoms with van der Waals surface area (Å²) in [5.41, 5.74) is 0.806. The molecule has 0 spiro atoms. The van der Waals surface area contributed by atoms with Crippen LogP contribution in [0.2, 0.25) is 0 Å². The maximum absolute atomic E-state index is 11.2. The van der Waals surface area contributed by atoms with E-state index in [-0.39, 0.29) is 10.6 Å². The van der Waals surface area contributed by atoms with Crippen molar-refractivity contribution in [2.24, 2.45) is 0 Å². The van der Waals surface area contributed by atoms with Crippen LogP contribution in [0.5, 0.6) is 0 Å². The number of hydrogen-bond donors (Lipinski definition) is 1. The van der Waals surface area contributed by atoms with Crippen molar-refractivity contribution in [3.63, 3.8) is 0 Å². The van der Waals surface area contributed by atoms with Gasteiger partial charge in [0.05, 0.1) is 4.92 Å². The monoisotopic (exact) mass is 250 g/mol. The minimum atomic E-state index is -0.327. The number of nitrogens with zero attached hydrogens (tertiary/aromatic N) is 3. The van der Waals surface area contributed by atoms with Gasteiger partial charge in [-0.25, -0.2) is 4.98 Å². The molecule has 6 nitrogen and oxygen atoms in total. The Hall–Kier alpha value is -1.69. The molecule has 1 saturated heterocycles. The highest BCUT2D eigenvalue weighted by molar-refractivity contribution is 5.62. The van der Waals surface area contributed by atoms with E-state index in [1.165, 1.54) is 0 Å². The molecule has 18 heavy (non-hydrogen) atoms. The number of rotatable bonds is 4. The second-order valence-electron chi connectivity index (χ2n) is 4.60. The van der Waals surface area contributed by atoms with Gasteiger partial charge in [-0.15, -0.1) is 0 Å². The molecule has 1 aromatic heterocycles. The predicted molar refractivity (Wildman–Crippen MR) is 69.9 cm³/mol. The lowest BCUT2D eigenvalue weighted by atomic mass is 10.2. The van der Waals surface area contributed by atoms with Gasteiger partial charge in [0.15, 0.2) is 0 Å². The standard InChI is InChI=1S/C12H18N4O2/c1-9-5-6-14-12(11(9)16(17)18)15-7-3-4-10(15)8-13-2/h5-6,10,13H,3-4,7-8H2,1-2H3. The molecule has 1 aliphatic rings. The van der Waals surface area contributed by atoms with Crippen molar-refractivity contribution in [3.8, 4) is 0 Å². The van der Waals surface area contributed by atoms with E-state index in [4.69, 9.17) is 0 Å². The Labute approximate surface area is 106 Å². The molecule has 2 rings (SSSR count). The topological polar surface area (TPSA) is 71.3 Å². The van der Waals surface area contributed by atoms with Gasteiger partial charge in [0.2, 0.25) is 5.82 Å². The predicted octanol–water partition coefficient (Wildman–Crippen LogP) is 1.49. The number of nitro groups is 1. The van der Waals surface area contributed by atoms with Gasteiger partial charge in [0.25, 0.3) is 0 Å². The van der Waals surface area contributed by atoms with Gasteiger partial charge in [-0.3, -0.25) is 10.1 Å². The van der Waals surface area contributed by atoms with E-state index in [0.29, 0.717) is 17.4 Å². The highest BCUT2D eigenvalue weighted by atomic mass is 16.6. The molecular weight excluding hydrogens is 232 g/mol. The molecule has 1 aliphatic heterocycles. The summed E-state index contributed by atoms with van der Waals surface area (Å²) in [5.74, 6) is 0.512. The number of aryl methyl sites for hydroxylation is 1. The lowest BCUT2D eigenvalue weighted by molar-refractivity contribution is -0.384. The Morgan fingerprint density at radius 2 is 2.44 bits per heavy atom. The molecule has 0 bridgehead atoms. The van der Waals surface area contributed by atoms with Crippen LogP contribution in [0.4, 0.5) is 11.5 Å². The summed E-state index contributed by atoms with van der Waals surface area (Å²) in [6.45, 7) is 3.42. The fourth-order valence-corrected chi connectivity index (χ4v) is 2.53. The first-order valence-corrected chi connectivity index (χ1v) is 6.16. The first-order chi connectivity index (χ1) is 8.65. The van der Waals surface area contributed by atoms with Gasteiger partial charge in [-0.05, 0) is 32.9 Å². The number of aromatic nitrogens is 1. The van der Waals surface area contributed by atoms with Crippen molar-refractivity contribution < 1.29 is 4.92 Å². The van der Waals surface area contributed by atoms with Crippen LogP contribution in [0.15, 0.2) is 12.3 Å². The van der Waals surface area contributed by atoms with Crippen LogP contribution in [0.3, 0.4) is 0 Å². The Bertz CT molecular complexity index is 450. The number of likely N-dealkylation sites (N-methyl/N-ethyl adjacent to an activating group) is 1. The van der Waals surface area contributed by atoms with Gasteiger partial charge in [0, 0.05) is 30.9 Å². The highest BCUT2D eigenvalue weighted by Gasteiger charge is 2.31. The quantitative estimate of drug-likeness (QED) is 0.647. The summed E-state index contributed by atoms with van der Waals surface area (Å²) < 4.78 is 0. The van der Waals surface area contributed by atoms with Gasteiger partial charge in [-0.2, -0.15) is 0 Å². The van der Waals surface area contributed by atoms with Crippen molar-refractivity contribution >= 4 is 11.5 Å². The molecule has 1 atom stereocenters. The number of nitrogens with one attached hydrogen (secondary N) is 1. The van der Waals surface area contributed by atoms with E-state index in [9.17, 15) is 10.1 Å². The summed E-state index contributed by atoms with van der Waals surface area (Å²) in [7, 11) is 1.90. The average molecular weight is 250 g/mol. The summed E-state index contributed by atoms with van der Waals surface area (Å²) in [6.07, 6.45) is 3.75. The molecule has 0 saturated carbocycles. The minimum absolute atomic E-state index is 0.139. The third-order valence-corrected chi connectivity index (χ3v) is 3.38. The average Bonchev–Trinajstić information content (AvgIpc) is 2.76. The van der Waals surface area contributed by atoms with Crippen molar-refractivity contribution in [3.05, 3.63) is 27.9 Å². The Morgan fingerprint density at radius 3 is 3.11 bits per heavy atom. The number of anilines is 1. The molecule has 0 aromatic carbocycles. The molecule has 6 heteroatoms. The summed E-state index contributed by atoms with van der Waals surface area (Å²) in [4.78, 5) is 17.1. The van der Waals surface area contributed by atoms with E-state index in [1.54, 1.807) is 19.2 Å². The molecule has 0 radical (unpaired) electrons. The van der Waals surface area contributed by atoms with Crippen molar-refractivity contribution in [1.29, 1.82) is 0 Å². The first kappa shape index (κ1) is 12.8. The summed E-state index contributed by atoms with van der Waals surface area (Å²) in [5, 5.41) is 14.3. The highest BCUT2D eigenvalue weighted by Crippen LogP contribution is 2.33. The fraction of sp³-hybridized carbons (Fsp3) is 0.583. The summed E-state index contributed by atoms with van der Waals surface area (Å²) in [6, 6.07) is 1.98. The van der Waals surface area contributed by atoms with E-state index >= 15 is 0 Å². The maximum Gasteiger partial charge on any atom is 0.314 e. The van der Waals surface area contributed by atoms with E-state index < -0.39 is 0 Å². The summed E-state index contributed by atoms with van der Waals surface area (Å²) >= 11 is 0. The molecule has 1 unspecified atom stereocenters. The van der Waals surface area contributed by atoms with Gasteiger partial charge >= 0.3 is 5.69 Å². The SMILES string of the molecule is CNCC1CCCN1c1nccc(C)c1[N+](=O)[O-]. The van der Waals surface area contributed by atoms with Gasteiger partial charge in [-0.1, -0.05) is 0 Å². The van der Waals surface area contributed by atoms with Crippen molar-refractivity contribution in [2.75, 3.05) is 25.0 Å². The van der Waals surface area contributed by atoms with Gasteiger partial charge in [0.1, 0.15) is 0 Å². The molecule has 1 N–H and O–H groups in total. The minimum Gasteiger partial charge on any atom is -0.347 e. The molecule has 2 heterocycles. The second-order valence-corrected chi connectivity index (χ2v) is 4.60. The second kappa shape index (κ2) is 5.30. The number of hydrogen-bond acceptors (Lipinski definition) is 5. The molecule has 1 fully saturated rings.